The van der Waals surface area contributed by atoms with Crippen molar-refractivity contribution in [2.45, 2.75) is 0 Å². The maximum atomic E-state index is 14.4. The Balaban J connectivity index is 2.08. The van der Waals surface area contributed by atoms with Gasteiger partial charge in [0.05, 0.1) is 5.69 Å². The van der Waals surface area contributed by atoms with Crippen LogP contribution in [0.2, 0.25) is 5.02 Å². The van der Waals surface area contributed by atoms with Crippen LogP contribution in [0.25, 0.3) is 28.2 Å². The third-order valence-electron chi connectivity index (χ3n) is 4.03. The second-order valence-corrected chi connectivity index (χ2v) is 6.31. The average molecular weight is 400 g/mol. The van der Waals surface area contributed by atoms with Crippen LogP contribution in [0.4, 0.5) is 4.39 Å². The molecule has 1 amide bonds. The zero-order valence-corrected chi connectivity index (χ0v) is 14.7. The molecular formula is C18H11ClFN5O3. The van der Waals surface area contributed by atoms with Crippen molar-refractivity contribution >= 4 is 28.7 Å². The maximum absolute atomic E-state index is 14.4. The molecule has 0 bridgehead atoms. The van der Waals surface area contributed by atoms with Crippen LogP contribution in [0.15, 0.2) is 47.3 Å². The first-order valence-corrected chi connectivity index (χ1v) is 8.30. The lowest BCUT2D eigenvalue weighted by atomic mass is 10.2. The fraction of sp³-hybridized carbons (Fsp3) is 0. The number of imidazole rings is 1. The first kappa shape index (κ1) is 17.7. The number of phenolic OH excluding ortho intramolecular Hbond substituents is 1. The molecule has 0 aliphatic heterocycles. The molecule has 4 aromatic rings. The summed E-state index contributed by atoms with van der Waals surface area (Å²) in [5, 5.41) is 9.85. The Hall–Kier alpha value is -3.72. The summed E-state index contributed by atoms with van der Waals surface area (Å²) < 4.78 is 15.4. The Kier molecular flexibility index (Phi) is 4.08. The van der Waals surface area contributed by atoms with E-state index in [4.69, 9.17) is 17.3 Å². The van der Waals surface area contributed by atoms with Gasteiger partial charge in [-0.05, 0) is 30.3 Å². The molecule has 2 heterocycles. The molecule has 2 aromatic carbocycles. The largest absolute Gasteiger partial charge is 0.508 e. The van der Waals surface area contributed by atoms with Gasteiger partial charge >= 0.3 is 5.69 Å². The summed E-state index contributed by atoms with van der Waals surface area (Å²) in [7, 11) is 0. The Labute approximate surface area is 161 Å². The van der Waals surface area contributed by atoms with Crippen molar-refractivity contribution in [1.29, 1.82) is 0 Å². The Bertz CT molecular complexity index is 1310. The van der Waals surface area contributed by atoms with E-state index in [0.717, 1.165) is 10.6 Å². The van der Waals surface area contributed by atoms with E-state index in [1.807, 2.05) is 0 Å². The first-order chi connectivity index (χ1) is 13.3. The molecule has 10 heteroatoms. The number of hydrogen-bond acceptors (Lipinski definition) is 5. The number of phenols is 1. The Morgan fingerprint density at radius 3 is 2.68 bits per heavy atom. The SMILES string of the molecule is NC(=O)c1nc(-c2cccc(O)c2)nc2c1[nH]c(=O)n2-c1ccc(Cl)cc1F. The number of benzene rings is 2. The van der Waals surface area contributed by atoms with Crippen molar-refractivity contribution in [2.75, 3.05) is 0 Å². The number of nitrogens with one attached hydrogen (secondary N) is 1. The highest BCUT2D eigenvalue weighted by Gasteiger charge is 2.21. The highest BCUT2D eigenvalue weighted by atomic mass is 35.5. The molecular weight excluding hydrogens is 389 g/mol. The normalized spacial score (nSPS) is 11.1. The predicted molar refractivity (Wildman–Crippen MR) is 100 cm³/mol. The first-order valence-electron chi connectivity index (χ1n) is 7.92. The van der Waals surface area contributed by atoms with Crippen molar-refractivity contribution in [3.63, 3.8) is 0 Å². The number of carbonyl (C=O) groups is 1. The number of halogens is 2. The Morgan fingerprint density at radius 1 is 1.21 bits per heavy atom. The van der Waals surface area contributed by atoms with Crippen molar-refractivity contribution in [3.05, 3.63) is 69.5 Å². The summed E-state index contributed by atoms with van der Waals surface area (Å²) in [4.78, 5) is 35.2. The van der Waals surface area contributed by atoms with E-state index in [0.29, 0.717) is 5.56 Å². The molecule has 4 N–H and O–H groups in total. The molecule has 28 heavy (non-hydrogen) atoms. The number of aromatic amines is 1. The van der Waals surface area contributed by atoms with Crippen LogP contribution < -0.4 is 11.4 Å². The summed E-state index contributed by atoms with van der Waals surface area (Å²) in [5.74, 6) is -1.68. The number of amides is 1. The van der Waals surface area contributed by atoms with Gasteiger partial charge in [-0.25, -0.2) is 23.7 Å². The second-order valence-electron chi connectivity index (χ2n) is 5.87. The fourth-order valence-electron chi connectivity index (χ4n) is 2.82. The van der Waals surface area contributed by atoms with E-state index in [1.54, 1.807) is 12.1 Å². The predicted octanol–water partition coefficient (Wildman–Crippen LogP) is 2.37. The molecule has 0 fully saturated rings. The zero-order valence-electron chi connectivity index (χ0n) is 14.0. The summed E-state index contributed by atoms with van der Waals surface area (Å²) in [6, 6.07) is 9.77. The quantitative estimate of drug-likeness (QED) is 0.487. The molecule has 0 radical (unpaired) electrons. The van der Waals surface area contributed by atoms with Gasteiger partial charge in [-0.2, -0.15) is 0 Å². The minimum atomic E-state index is -0.904. The van der Waals surface area contributed by atoms with E-state index in [1.165, 1.54) is 24.3 Å². The van der Waals surface area contributed by atoms with Crippen LogP contribution in [0.1, 0.15) is 10.5 Å². The number of aromatic hydroxyl groups is 1. The third kappa shape index (κ3) is 2.87. The number of carbonyl (C=O) groups excluding carboxylic acids is 1. The zero-order chi connectivity index (χ0) is 20.0. The highest BCUT2D eigenvalue weighted by molar-refractivity contribution is 6.30. The molecule has 0 saturated carbocycles. The Morgan fingerprint density at radius 2 is 2.00 bits per heavy atom. The number of H-pyrrole nitrogens is 1. The standard InChI is InChI=1S/C18H11ClFN5O3/c19-9-4-5-12(11(20)7-9)25-17-14(23-18(25)28)13(15(21)27)22-16(24-17)8-2-1-3-10(26)6-8/h1-7,26H,(H2,21,27)(H,23,28). The topological polar surface area (TPSA) is 127 Å². The molecule has 4 rings (SSSR count). The van der Waals surface area contributed by atoms with E-state index in [-0.39, 0.29) is 39.1 Å². The lowest BCUT2D eigenvalue weighted by Gasteiger charge is -2.07. The molecule has 0 aliphatic carbocycles. The molecule has 0 unspecified atom stereocenters. The summed E-state index contributed by atoms with van der Waals surface area (Å²) >= 11 is 5.78. The summed E-state index contributed by atoms with van der Waals surface area (Å²) in [6.07, 6.45) is 0. The van der Waals surface area contributed by atoms with E-state index in [2.05, 4.69) is 15.0 Å². The van der Waals surface area contributed by atoms with E-state index >= 15 is 0 Å². The van der Waals surface area contributed by atoms with Gasteiger partial charge in [0.15, 0.2) is 17.2 Å². The number of nitrogens with zero attached hydrogens (tertiary/aromatic N) is 3. The van der Waals surface area contributed by atoms with Crippen molar-refractivity contribution in [3.8, 4) is 22.8 Å². The van der Waals surface area contributed by atoms with Gasteiger partial charge in [0.2, 0.25) is 0 Å². The van der Waals surface area contributed by atoms with Gasteiger partial charge in [-0.1, -0.05) is 23.7 Å². The van der Waals surface area contributed by atoms with E-state index < -0.39 is 17.4 Å². The van der Waals surface area contributed by atoms with Crippen molar-refractivity contribution in [1.82, 2.24) is 19.5 Å². The number of hydrogen-bond donors (Lipinski definition) is 3. The van der Waals surface area contributed by atoms with E-state index in [9.17, 15) is 19.1 Å². The minimum Gasteiger partial charge on any atom is -0.508 e. The van der Waals surface area contributed by atoms with Gasteiger partial charge in [0.25, 0.3) is 5.91 Å². The van der Waals surface area contributed by atoms with Crippen LogP contribution in [0.5, 0.6) is 5.75 Å². The molecule has 0 atom stereocenters. The lowest BCUT2D eigenvalue weighted by Crippen LogP contribution is -2.16. The maximum Gasteiger partial charge on any atom is 0.332 e. The van der Waals surface area contributed by atoms with Crippen molar-refractivity contribution in [2.24, 2.45) is 5.73 Å². The number of primary amides is 1. The molecule has 0 spiro atoms. The summed E-state index contributed by atoms with van der Waals surface area (Å²) in [6.45, 7) is 0. The van der Waals surface area contributed by atoms with Crippen LogP contribution in [0, 0.1) is 5.82 Å². The number of nitrogens with two attached hydrogens (primary N) is 1. The van der Waals surface area contributed by atoms with Crippen LogP contribution >= 0.6 is 11.6 Å². The van der Waals surface area contributed by atoms with Gasteiger partial charge in [-0.15, -0.1) is 0 Å². The highest BCUT2D eigenvalue weighted by Crippen LogP contribution is 2.25. The monoisotopic (exact) mass is 399 g/mol. The average Bonchev–Trinajstić information content (AvgIpc) is 2.96. The molecule has 0 aliphatic rings. The van der Waals surface area contributed by atoms with Crippen LogP contribution in [0.3, 0.4) is 0 Å². The van der Waals surface area contributed by atoms with Gasteiger partial charge in [0, 0.05) is 10.6 Å². The van der Waals surface area contributed by atoms with Gasteiger partial charge in [0.1, 0.15) is 17.1 Å². The molecule has 140 valence electrons. The smallest absolute Gasteiger partial charge is 0.332 e. The molecule has 0 saturated heterocycles. The second kappa shape index (κ2) is 6.46. The molecule has 8 nitrogen and oxygen atoms in total. The summed E-state index contributed by atoms with van der Waals surface area (Å²) in [5.41, 5.74) is 4.61. The van der Waals surface area contributed by atoms with Crippen LogP contribution in [-0.2, 0) is 0 Å². The van der Waals surface area contributed by atoms with Crippen LogP contribution in [-0.4, -0.2) is 30.5 Å². The third-order valence-corrected chi connectivity index (χ3v) is 4.26. The minimum absolute atomic E-state index is 0.0271. The number of fused-ring (bicyclic) bond motifs is 1. The van der Waals surface area contributed by atoms with Gasteiger partial charge < -0.3 is 15.8 Å². The number of rotatable bonds is 3. The van der Waals surface area contributed by atoms with Gasteiger partial charge in [-0.3, -0.25) is 4.79 Å². The molecule has 2 aromatic heterocycles. The lowest BCUT2D eigenvalue weighted by molar-refractivity contribution is 0.0997. The number of aromatic nitrogens is 4. The van der Waals surface area contributed by atoms with Crippen molar-refractivity contribution < 1.29 is 14.3 Å². The fourth-order valence-corrected chi connectivity index (χ4v) is 2.98.